The molecule has 0 radical (unpaired) electrons. The third kappa shape index (κ3) is 4.25. The first-order valence-electron chi connectivity index (χ1n) is 12.6. The number of hydrogen-bond donors (Lipinski definition) is 1. The summed E-state index contributed by atoms with van der Waals surface area (Å²) in [4.78, 5) is 26.1. The normalized spacial score (nSPS) is 19.3. The first kappa shape index (κ1) is 23.0. The summed E-state index contributed by atoms with van der Waals surface area (Å²) in [6, 6.07) is 31.6. The smallest absolute Gasteiger partial charge is 0.326 e. The molecule has 6 rings (SSSR count). The lowest BCUT2D eigenvalue weighted by molar-refractivity contribution is -0.141. The summed E-state index contributed by atoms with van der Waals surface area (Å²) < 4.78 is 0. The van der Waals surface area contributed by atoms with Crippen molar-refractivity contribution in [2.24, 2.45) is 5.10 Å². The van der Waals surface area contributed by atoms with Crippen molar-refractivity contribution in [3.8, 4) is 0 Å². The fourth-order valence-corrected chi connectivity index (χ4v) is 5.51. The number of carboxylic acid groups (broad SMARTS) is 1. The third-order valence-corrected chi connectivity index (χ3v) is 7.37. The van der Waals surface area contributed by atoms with Crippen LogP contribution < -0.4 is 5.01 Å². The molecule has 2 aliphatic rings. The van der Waals surface area contributed by atoms with E-state index in [-0.39, 0.29) is 11.9 Å². The number of amides is 1. The maximum atomic E-state index is 13.1. The zero-order chi connectivity index (χ0) is 25.4. The Labute approximate surface area is 215 Å². The monoisotopic (exact) mass is 489 g/mol. The van der Waals surface area contributed by atoms with Gasteiger partial charge in [-0.2, -0.15) is 5.10 Å². The number of benzene rings is 4. The number of para-hydroxylation sites is 1. The number of anilines is 1. The summed E-state index contributed by atoms with van der Waals surface area (Å²) in [5.74, 6) is -1.17. The molecular weight excluding hydrogens is 462 g/mol. The second-order valence-electron chi connectivity index (χ2n) is 9.59. The molecule has 1 fully saturated rings. The van der Waals surface area contributed by atoms with Gasteiger partial charge in [0.15, 0.2) is 0 Å². The van der Waals surface area contributed by atoms with E-state index < -0.39 is 12.0 Å². The second-order valence-corrected chi connectivity index (χ2v) is 9.59. The highest BCUT2D eigenvalue weighted by molar-refractivity contribution is 6.12. The number of hydrogen-bond acceptors (Lipinski definition) is 4. The Morgan fingerprint density at radius 3 is 2.35 bits per heavy atom. The van der Waals surface area contributed by atoms with Crippen molar-refractivity contribution >= 4 is 34.0 Å². The van der Waals surface area contributed by atoms with Crippen molar-refractivity contribution in [2.75, 3.05) is 11.6 Å². The maximum Gasteiger partial charge on any atom is 0.326 e. The summed E-state index contributed by atoms with van der Waals surface area (Å²) in [6.07, 6.45) is 1.94. The average Bonchev–Trinajstić information content (AvgIpc) is 3.61. The second kappa shape index (κ2) is 9.54. The van der Waals surface area contributed by atoms with E-state index in [1.807, 2.05) is 48.5 Å². The van der Waals surface area contributed by atoms with Gasteiger partial charge in [-0.25, -0.2) is 4.79 Å². The molecule has 2 atom stereocenters. The quantitative estimate of drug-likeness (QED) is 0.380. The molecule has 37 heavy (non-hydrogen) atoms. The van der Waals surface area contributed by atoms with Crippen molar-refractivity contribution in [3.63, 3.8) is 0 Å². The standard InChI is InChI=1S/C31H27N3O3/c35-30(33-19-7-14-28(33)31(36)37)23-17-15-22(16-18-23)29-20-27(32-34(29)24-10-2-1-3-11-24)26-13-6-9-21-8-4-5-12-25(21)26/h1-6,8-13,15-18,28-29H,7,14,19-20H2,(H,36,37)/t28-,29?/m0/s1. The van der Waals surface area contributed by atoms with Crippen LogP contribution in [0.15, 0.2) is 102 Å². The maximum absolute atomic E-state index is 13.1. The van der Waals surface area contributed by atoms with Crippen molar-refractivity contribution in [1.29, 1.82) is 0 Å². The molecule has 1 unspecified atom stereocenters. The summed E-state index contributed by atoms with van der Waals surface area (Å²) in [5, 5.41) is 19.0. The molecular formula is C31H27N3O3. The highest BCUT2D eigenvalue weighted by Gasteiger charge is 2.35. The molecule has 1 saturated heterocycles. The Bertz CT molecular complexity index is 1490. The fraction of sp³-hybridized carbons (Fsp3) is 0.194. The Hall–Kier alpha value is -4.45. The van der Waals surface area contributed by atoms with Crippen LogP contribution in [0, 0.1) is 0 Å². The van der Waals surface area contributed by atoms with Gasteiger partial charge < -0.3 is 10.0 Å². The number of fused-ring (bicyclic) bond motifs is 1. The van der Waals surface area contributed by atoms with Gasteiger partial charge in [-0.3, -0.25) is 9.80 Å². The van der Waals surface area contributed by atoms with Crippen LogP contribution in [0.5, 0.6) is 0 Å². The van der Waals surface area contributed by atoms with E-state index in [1.165, 1.54) is 15.7 Å². The molecule has 0 aromatic heterocycles. The fourth-order valence-electron chi connectivity index (χ4n) is 5.51. The van der Waals surface area contributed by atoms with E-state index in [9.17, 15) is 14.7 Å². The molecule has 184 valence electrons. The molecule has 1 N–H and O–H groups in total. The predicted octanol–water partition coefficient (Wildman–Crippen LogP) is 5.88. The van der Waals surface area contributed by atoms with Crippen LogP contribution in [0.3, 0.4) is 0 Å². The van der Waals surface area contributed by atoms with Crippen molar-refractivity contribution < 1.29 is 14.7 Å². The predicted molar refractivity (Wildman–Crippen MR) is 145 cm³/mol. The topological polar surface area (TPSA) is 73.2 Å². The number of carboxylic acids is 1. The van der Waals surface area contributed by atoms with Crippen LogP contribution in [-0.2, 0) is 4.79 Å². The minimum atomic E-state index is -0.940. The summed E-state index contributed by atoms with van der Waals surface area (Å²) in [7, 11) is 0. The van der Waals surface area contributed by atoms with Gasteiger partial charge in [0.1, 0.15) is 6.04 Å². The average molecular weight is 490 g/mol. The lowest BCUT2D eigenvalue weighted by Crippen LogP contribution is -2.40. The Morgan fingerprint density at radius 1 is 0.838 bits per heavy atom. The molecule has 4 aromatic carbocycles. The van der Waals surface area contributed by atoms with Gasteiger partial charge in [-0.1, -0.05) is 72.8 Å². The molecule has 0 saturated carbocycles. The lowest BCUT2D eigenvalue weighted by Gasteiger charge is -2.25. The zero-order valence-corrected chi connectivity index (χ0v) is 20.3. The number of rotatable bonds is 5. The van der Waals surface area contributed by atoms with Crippen molar-refractivity contribution in [2.45, 2.75) is 31.3 Å². The third-order valence-electron chi connectivity index (χ3n) is 7.37. The molecule has 0 bridgehead atoms. The summed E-state index contributed by atoms with van der Waals surface area (Å²) in [5.41, 5.74) is 4.71. The number of likely N-dealkylation sites (tertiary alicyclic amines) is 1. The number of carbonyl (C=O) groups is 2. The number of nitrogens with zero attached hydrogens (tertiary/aromatic N) is 3. The summed E-state index contributed by atoms with van der Waals surface area (Å²) >= 11 is 0. The molecule has 6 nitrogen and oxygen atoms in total. The van der Waals surface area contributed by atoms with Gasteiger partial charge in [0.25, 0.3) is 5.91 Å². The van der Waals surface area contributed by atoms with Crippen LogP contribution in [0.25, 0.3) is 10.8 Å². The van der Waals surface area contributed by atoms with Crippen LogP contribution in [0.1, 0.15) is 46.8 Å². The molecule has 4 aromatic rings. The van der Waals surface area contributed by atoms with E-state index in [0.717, 1.165) is 28.9 Å². The molecule has 6 heteroatoms. The number of carbonyl (C=O) groups excluding carboxylic acids is 1. The Morgan fingerprint density at radius 2 is 1.57 bits per heavy atom. The first-order valence-corrected chi connectivity index (χ1v) is 12.6. The van der Waals surface area contributed by atoms with Gasteiger partial charge in [-0.15, -0.1) is 0 Å². The Kier molecular flexibility index (Phi) is 5.93. The Balaban J connectivity index is 1.33. The van der Waals surface area contributed by atoms with Gasteiger partial charge >= 0.3 is 5.97 Å². The van der Waals surface area contributed by atoms with E-state index in [2.05, 4.69) is 53.5 Å². The van der Waals surface area contributed by atoms with E-state index in [1.54, 1.807) is 0 Å². The van der Waals surface area contributed by atoms with Crippen molar-refractivity contribution in [3.05, 3.63) is 114 Å². The van der Waals surface area contributed by atoms with Crippen LogP contribution in [0.4, 0.5) is 5.69 Å². The van der Waals surface area contributed by atoms with E-state index in [4.69, 9.17) is 5.10 Å². The lowest BCUT2D eigenvalue weighted by atomic mass is 9.94. The largest absolute Gasteiger partial charge is 0.480 e. The molecule has 2 aliphatic heterocycles. The van der Waals surface area contributed by atoms with Crippen LogP contribution >= 0.6 is 0 Å². The zero-order valence-electron chi connectivity index (χ0n) is 20.3. The molecule has 1 amide bonds. The van der Waals surface area contributed by atoms with Crippen molar-refractivity contribution in [1.82, 2.24) is 4.90 Å². The van der Waals surface area contributed by atoms with Gasteiger partial charge in [0.05, 0.1) is 17.4 Å². The molecule has 2 heterocycles. The minimum Gasteiger partial charge on any atom is -0.480 e. The minimum absolute atomic E-state index is 0.0286. The summed E-state index contributed by atoms with van der Waals surface area (Å²) in [6.45, 7) is 0.476. The first-order chi connectivity index (χ1) is 18.1. The molecule has 0 aliphatic carbocycles. The van der Waals surface area contributed by atoms with Gasteiger partial charge in [0, 0.05) is 24.1 Å². The van der Waals surface area contributed by atoms with E-state index in [0.29, 0.717) is 24.9 Å². The highest BCUT2D eigenvalue weighted by atomic mass is 16.4. The number of hydrazone groups is 1. The van der Waals surface area contributed by atoms with E-state index >= 15 is 0 Å². The molecule has 0 spiro atoms. The number of aliphatic carboxylic acids is 1. The SMILES string of the molecule is O=C(O)[C@@H]1CCCN1C(=O)c1ccc(C2CC(c3cccc4ccccc34)=NN2c2ccccc2)cc1. The van der Waals surface area contributed by atoms with Gasteiger partial charge in [0.2, 0.25) is 0 Å². The van der Waals surface area contributed by atoms with Gasteiger partial charge in [-0.05, 0) is 53.4 Å². The van der Waals surface area contributed by atoms with Crippen LogP contribution in [-0.4, -0.2) is 40.2 Å². The van der Waals surface area contributed by atoms with Crippen LogP contribution in [0.2, 0.25) is 0 Å². The highest BCUT2D eigenvalue weighted by Crippen LogP contribution is 2.38.